The molecular weight excluding hydrogens is 372 g/mol. The Hall–Kier alpha value is -3.07. The summed E-state index contributed by atoms with van der Waals surface area (Å²) in [6.45, 7) is 1.12. The van der Waals surface area contributed by atoms with Crippen LogP contribution in [0.1, 0.15) is 26.5 Å². The molecule has 0 saturated carbocycles. The third-order valence-corrected chi connectivity index (χ3v) is 5.09. The Kier molecular flexibility index (Phi) is 5.39. The van der Waals surface area contributed by atoms with Gasteiger partial charge in [-0.15, -0.1) is 0 Å². The molecule has 1 aromatic heterocycles. The van der Waals surface area contributed by atoms with Gasteiger partial charge in [-0.1, -0.05) is 24.3 Å². The Bertz CT molecular complexity index is 1020. The standard InChI is InChI=1S/C21H22N4O4/c26-11-9-23(10-12-27)14-25-18-8-4-3-7-17(18)22-19(25)13-24-20(28)15-5-1-2-6-16(15)21(24)29/h1-8,26-27H,9-14H2. The van der Waals surface area contributed by atoms with Crippen LogP contribution in [0.4, 0.5) is 0 Å². The minimum atomic E-state index is -0.327. The SMILES string of the molecule is O=C1c2ccccc2C(=O)N1Cc1nc2ccccc2n1CN(CCO)CCO. The van der Waals surface area contributed by atoms with E-state index in [1.807, 2.05) is 33.7 Å². The first kappa shape index (κ1) is 19.3. The maximum absolute atomic E-state index is 12.8. The maximum atomic E-state index is 12.8. The van der Waals surface area contributed by atoms with E-state index in [0.717, 1.165) is 11.0 Å². The molecule has 0 unspecified atom stereocenters. The van der Waals surface area contributed by atoms with E-state index in [1.54, 1.807) is 24.3 Å². The molecule has 0 atom stereocenters. The fourth-order valence-electron chi connectivity index (χ4n) is 3.66. The summed E-state index contributed by atoms with van der Waals surface area (Å²) in [7, 11) is 0. The molecule has 1 aliphatic rings. The minimum Gasteiger partial charge on any atom is -0.395 e. The Morgan fingerprint density at radius 2 is 1.45 bits per heavy atom. The number of aliphatic hydroxyl groups excluding tert-OH is 2. The second-order valence-corrected chi connectivity index (χ2v) is 6.89. The number of carbonyl (C=O) groups is 2. The van der Waals surface area contributed by atoms with E-state index in [4.69, 9.17) is 0 Å². The monoisotopic (exact) mass is 394 g/mol. The molecule has 3 aromatic rings. The van der Waals surface area contributed by atoms with Crippen molar-refractivity contribution in [2.24, 2.45) is 0 Å². The van der Waals surface area contributed by atoms with Crippen LogP contribution in [0, 0.1) is 0 Å². The zero-order valence-electron chi connectivity index (χ0n) is 15.9. The number of imidazole rings is 1. The number of amides is 2. The van der Waals surface area contributed by atoms with Gasteiger partial charge in [-0.2, -0.15) is 0 Å². The third kappa shape index (κ3) is 3.53. The average Bonchev–Trinajstić information content (AvgIpc) is 3.19. The molecular formula is C21H22N4O4. The lowest BCUT2D eigenvalue weighted by Crippen LogP contribution is -2.34. The van der Waals surface area contributed by atoms with E-state index in [0.29, 0.717) is 36.7 Å². The molecule has 29 heavy (non-hydrogen) atoms. The van der Waals surface area contributed by atoms with Crippen molar-refractivity contribution < 1.29 is 19.8 Å². The summed E-state index contributed by atoms with van der Waals surface area (Å²) in [6.07, 6.45) is 0. The van der Waals surface area contributed by atoms with Crippen molar-refractivity contribution in [3.63, 3.8) is 0 Å². The van der Waals surface area contributed by atoms with Crippen LogP contribution in [0.5, 0.6) is 0 Å². The normalized spacial score (nSPS) is 13.7. The predicted molar refractivity (Wildman–Crippen MR) is 106 cm³/mol. The van der Waals surface area contributed by atoms with E-state index in [1.165, 1.54) is 4.90 Å². The van der Waals surface area contributed by atoms with Gasteiger partial charge in [0.15, 0.2) is 0 Å². The van der Waals surface area contributed by atoms with Gasteiger partial charge in [-0.05, 0) is 24.3 Å². The van der Waals surface area contributed by atoms with Crippen LogP contribution in [0.25, 0.3) is 11.0 Å². The highest BCUT2D eigenvalue weighted by molar-refractivity contribution is 6.21. The molecule has 2 N–H and O–H groups in total. The van der Waals surface area contributed by atoms with E-state index in [-0.39, 0.29) is 31.6 Å². The maximum Gasteiger partial charge on any atom is 0.261 e. The van der Waals surface area contributed by atoms with Crippen LogP contribution in [-0.4, -0.2) is 67.7 Å². The summed E-state index contributed by atoms with van der Waals surface area (Å²) in [5, 5.41) is 18.7. The number of aliphatic hydroxyl groups is 2. The van der Waals surface area contributed by atoms with Crippen molar-refractivity contribution in [3.8, 4) is 0 Å². The predicted octanol–water partition coefficient (Wildman–Crippen LogP) is 1.08. The summed E-state index contributed by atoms with van der Waals surface area (Å²) in [4.78, 5) is 33.3. The zero-order chi connectivity index (χ0) is 20.4. The molecule has 0 aliphatic carbocycles. The highest BCUT2D eigenvalue weighted by Gasteiger charge is 2.36. The number of fused-ring (bicyclic) bond motifs is 2. The van der Waals surface area contributed by atoms with Crippen LogP contribution >= 0.6 is 0 Å². The Morgan fingerprint density at radius 3 is 2.07 bits per heavy atom. The summed E-state index contributed by atoms with van der Waals surface area (Å²) < 4.78 is 1.92. The largest absolute Gasteiger partial charge is 0.395 e. The highest BCUT2D eigenvalue weighted by atomic mass is 16.3. The van der Waals surface area contributed by atoms with E-state index >= 15 is 0 Å². The van der Waals surface area contributed by atoms with Crippen molar-refractivity contribution in [1.82, 2.24) is 19.4 Å². The van der Waals surface area contributed by atoms with Gasteiger partial charge in [0, 0.05) is 13.1 Å². The van der Waals surface area contributed by atoms with Crippen LogP contribution < -0.4 is 0 Å². The van der Waals surface area contributed by atoms with E-state index < -0.39 is 0 Å². The van der Waals surface area contributed by atoms with Crippen molar-refractivity contribution in [3.05, 3.63) is 65.5 Å². The first-order valence-electron chi connectivity index (χ1n) is 9.47. The average molecular weight is 394 g/mol. The summed E-state index contributed by atoms with van der Waals surface area (Å²) in [5.41, 5.74) is 2.43. The number of hydrogen-bond donors (Lipinski definition) is 2. The quantitative estimate of drug-likeness (QED) is 0.555. The van der Waals surface area contributed by atoms with Gasteiger partial charge >= 0.3 is 0 Å². The Morgan fingerprint density at radius 1 is 0.862 bits per heavy atom. The number of rotatable bonds is 8. The molecule has 8 nitrogen and oxygen atoms in total. The smallest absolute Gasteiger partial charge is 0.261 e. The topological polar surface area (TPSA) is 98.9 Å². The number of hydrogen-bond acceptors (Lipinski definition) is 6. The van der Waals surface area contributed by atoms with Gasteiger partial charge in [0.25, 0.3) is 11.8 Å². The Labute approximate surface area is 167 Å². The Balaban J connectivity index is 1.69. The van der Waals surface area contributed by atoms with Crippen LogP contribution in [0.3, 0.4) is 0 Å². The first-order chi connectivity index (χ1) is 14.1. The lowest BCUT2D eigenvalue weighted by atomic mass is 10.1. The second-order valence-electron chi connectivity index (χ2n) is 6.89. The van der Waals surface area contributed by atoms with E-state index in [9.17, 15) is 19.8 Å². The van der Waals surface area contributed by atoms with Crippen molar-refractivity contribution in [2.75, 3.05) is 26.3 Å². The summed E-state index contributed by atoms with van der Waals surface area (Å²) in [5.74, 6) is -0.0832. The lowest BCUT2D eigenvalue weighted by molar-refractivity contribution is 0.0634. The van der Waals surface area contributed by atoms with Crippen LogP contribution in [-0.2, 0) is 13.2 Å². The van der Waals surface area contributed by atoms with Gasteiger partial charge in [-0.3, -0.25) is 19.4 Å². The van der Waals surface area contributed by atoms with Crippen molar-refractivity contribution in [1.29, 1.82) is 0 Å². The highest BCUT2D eigenvalue weighted by Crippen LogP contribution is 2.25. The van der Waals surface area contributed by atoms with Crippen molar-refractivity contribution >= 4 is 22.8 Å². The number of aromatic nitrogens is 2. The number of imide groups is 1. The molecule has 0 spiro atoms. The molecule has 150 valence electrons. The molecule has 0 bridgehead atoms. The lowest BCUT2D eigenvalue weighted by Gasteiger charge is -2.23. The molecule has 0 radical (unpaired) electrons. The molecule has 1 aliphatic heterocycles. The first-order valence-corrected chi connectivity index (χ1v) is 9.47. The minimum absolute atomic E-state index is 0.0413. The zero-order valence-corrected chi connectivity index (χ0v) is 15.9. The van der Waals surface area contributed by atoms with Gasteiger partial charge in [0.2, 0.25) is 0 Å². The third-order valence-electron chi connectivity index (χ3n) is 5.09. The molecule has 2 amide bonds. The van der Waals surface area contributed by atoms with Gasteiger partial charge in [0.1, 0.15) is 5.82 Å². The molecule has 8 heteroatoms. The fourth-order valence-corrected chi connectivity index (χ4v) is 3.66. The summed E-state index contributed by atoms with van der Waals surface area (Å²) in [6, 6.07) is 14.4. The fraction of sp³-hybridized carbons (Fsp3) is 0.286. The van der Waals surface area contributed by atoms with Gasteiger partial charge in [0.05, 0.1) is 48.6 Å². The van der Waals surface area contributed by atoms with Gasteiger partial charge < -0.3 is 14.8 Å². The number of benzene rings is 2. The van der Waals surface area contributed by atoms with E-state index in [2.05, 4.69) is 4.98 Å². The van der Waals surface area contributed by atoms with Gasteiger partial charge in [-0.25, -0.2) is 4.98 Å². The number of carbonyl (C=O) groups excluding carboxylic acids is 2. The molecule has 4 rings (SSSR count). The number of nitrogens with zero attached hydrogens (tertiary/aromatic N) is 4. The van der Waals surface area contributed by atoms with Crippen LogP contribution in [0.15, 0.2) is 48.5 Å². The molecule has 2 aromatic carbocycles. The number of para-hydroxylation sites is 2. The molecule has 0 fully saturated rings. The molecule has 0 saturated heterocycles. The summed E-state index contributed by atoms with van der Waals surface area (Å²) >= 11 is 0. The van der Waals surface area contributed by atoms with Crippen molar-refractivity contribution in [2.45, 2.75) is 13.2 Å². The second kappa shape index (κ2) is 8.12. The molecule has 2 heterocycles. The van der Waals surface area contributed by atoms with Crippen LogP contribution in [0.2, 0.25) is 0 Å².